The van der Waals surface area contributed by atoms with Crippen molar-refractivity contribution in [2.45, 2.75) is 32.4 Å². The third-order valence-corrected chi connectivity index (χ3v) is 2.76. The lowest BCUT2D eigenvalue weighted by Crippen LogP contribution is -2.22. The Bertz CT molecular complexity index is 389. The molecule has 0 saturated carbocycles. The van der Waals surface area contributed by atoms with Gasteiger partial charge in [0.2, 0.25) is 0 Å². The molecule has 1 rings (SSSR count). The zero-order valence-corrected chi connectivity index (χ0v) is 11.5. The number of hydrogen-bond donors (Lipinski definition) is 2. The molecule has 0 radical (unpaired) electrons. The highest BCUT2D eigenvalue weighted by Crippen LogP contribution is 2.32. The van der Waals surface area contributed by atoms with Crippen LogP contribution in [0.2, 0.25) is 10.0 Å². The van der Waals surface area contributed by atoms with Gasteiger partial charge in [-0.25, -0.2) is 0 Å². The SMILES string of the molecule is CC(C)(O)CCOc1c(Cl)cc(Cl)cc1CN. The molecular weight excluding hydrogens is 261 g/mol. The second kappa shape index (κ2) is 5.91. The maximum Gasteiger partial charge on any atom is 0.142 e. The van der Waals surface area contributed by atoms with Crippen LogP contribution in [0.3, 0.4) is 0 Å². The highest BCUT2D eigenvalue weighted by Gasteiger charge is 2.14. The maximum atomic E-state index is 9.58. The number of hydrogen-bond acceptors (Lipinski definition) is 3. The van der Waals surface area contributed by atoms with E-state index in [1.54, 1.807) is 26.0 Å². The van der Waals surface area contributed by atoms with E-state index in [0.717, 1.165) is 5.56 Å². The molecular formula is C12H17Cl2NO2. The number of aliphatic hydroxyl groups is 1. The van der Waals surface area contributed by atoms with Crippen LogP contribution in [0.5, 0.6) is 5.75 Å². The van der Waals surface area contributed by atoms with Crippen LogP contribution in [0, 0.1) is 0 Å². The lowest BCUT2D eigenvalue weighted by Gasteiger charge is -2.18. The summed E-state index contributed by atoms with van der Waals surface area (Å²) in [5.41, 5.74) is 5.60. The Morgan fingerprint density at radius 1 is 1.35 bits per heavy atom. The van der Waals surface area contributed by atoms with Crippen molar-refractivity contribution in [1.82, 2.24) is 0 Å². The highest BCUT2D eigenvalue weighted by molar-refractivity contribution is 6.35. The number of benzene rings is 1. The minimum Gasteiger partial charge on any atom is -0.492 e. The molecule has 1 aromatic carbocycles. The average molecular weight is 278 g/mol. The molecule has 3 nitrogen and oxygen atoms in total. The smallest absolute Gasteiger partial charge is 0.142 e. The summed E-state index contributed by atoms with van der Waals surface area (Å²) in [6, 6.07) is 3.34. The first-order chi connectivity index (χ1) is 7.83. The van der Waals surface area contributed by atoms with Gasteiger partial charge in [-0.3, -0.25) is 0 Å². The Kier molecular flexibility index (Phi) is 5.07. The molecule has 0 aliphatic heterocycles. The molecule has 0 fully saturated rings. The highest BCUT2D eigenvalue weighted by atomic mass is 35.5. The third-order valence-electron chi connectivity index (χ3n) is 2.27. The molecule has 1 aromatic rings. The van der Waals surface area contributed by atoms with Crippen LogP contribution < -0.4 is 10.5 Å². The molecule has 96 valence electrons. The number of ether oxygens (including phenoxy) is 1. The molecule has 17 heavy (non-hydrogen) atoms. The van der Waals surface area contributed by atoms with Gasteiger partial charge in [0.15, 0.2) is 0 Å². The van der Waals surface area contributed by atoms with E-state index >= 15 is 0 Å². The normalized spacial score (nSPS) is 11.6. The first-order valence-corrected chi connectivity index (χ1v) is 6.12. The van der Waals surface area contributed by atoms with Crippen molar-refractivity contribution in [3.63, 3.8) is 0 Å². The Morgan fingerprint density at radius 3 is 2.53 bits per heavy atom. The molecule has 0 atom stereocenters. The fraction of sp³-hybridized carbons (Fsp3) is 0.500. The number of nitrogens with two attached hydrogens (primary N) is 1. The average Bonchev–Trinajstić information content (AvgIpc) is 2.18. The molecule has 3 N–H and O–H groups in total. The summed E-state index contributed by atoms with van der Waals surface area (Å²) in [5, 5.41) is 10.5. The van der Waals surface area contributed by atoms with Gasteiger partial charge in [0, 0.05) is 23.6 Å². The van der Waals surface area contributed by atoms with E-state index in [1.165, 1.54) is 0 Å². The fourth-order valence-electron chi connectivity index (χ4n) is 1.33. The second-order valence-corrected chi connectivity index (χ2v) is 5.33. The van der Waals surface area contributed by atoms with Crippen LogP contribution in [0.25, 0.3) is 0 Å². The Labute approximate surface area is 111 Å². The Balaban J connectivity index is 2.76. The van der Waals surface area contributed by atoms with Crippen molar-refractivity contribution >= 4 is 23.2 Å². The zero-order chi connectivity index (χ0) is 13.1. The van der Waals surface area contributed by atoms with Crippen molar-refractivity contribution in [3.8, 4) is 5.75 Å². The lowest BCUT2D eigenvalue weighted by molar-refractivity contribution is 0.0552. The topological polar surface area (TPSA) is 55.5 Å². The van der Waals surface area contributed by atoms with Crippen LogP contribution in [0.1, 0.15) is 25.8 Å². The zero-order valence-electron chi connectivity index (χ0n) is 9.96. The number of halogens is 2. The van der Waals surface area contributed by atoms with Gasteiger partial charge >= 0.3 is 0 Å². The van der Waals surface area contributed by atoms with E-state index in [9.17, 15) is 5.11 Å². The van der Waals surface area contributed by atoms with Crippen LogP contribution in [0.15, 0.2) is 12.1 Å². The summed E-state index contributed by atoms with van der Waals surface area (Å²) >= 11 is 11.9. The predicted molar refractivity (Wildman–Crippen MR) is 70.8 cm³/mol. The van der Waals surface area contributed by atoms with Crippen molar-refractivity contribution in [2.75, 3.05) is 6.61 Å². The van der Waals surface area contributed by atoms with Gasteiger partial charge in [-0.15, -0.1) is 0 Å². The van der Waals surface area contributed by atoms with E-state index in [0.29, 0.717) is 35.4 Å². The minimum absolute atomic E-state index is 0.304. The summed E-state index contributed by atoms with van der Waals surface area (Å²) in [4.78, 5) is 0. The molecule has 0 aliphatic rings. The second-order valence-electron chi connectivity index (χ2n) is 4.49. The van der Waals surface area contributed by atoms with E-state index in [1.807, 2.05) is 0 Å². The molecule has 0 unspecified atom stereocenters. The fourth-order valence-corrected chi connectivity index (χ4v) is 1.92. The van der Waals surface area contributed by atoms with Crippen LogP contribution in [0.4, 0.5) is 0 Å². The van der Waals surface area contributed by atoms with Gasteiger partial charge in [0.25, 0.3) is 0 Å². The number of rotatable bonds is 5. The van der Waals surface area contributed by atoms with Gasteiger partial charge in [-0.1, -0.05) is 23.2 Å². The summed E-state index contributed by atoms with van der Waals surface area (Å²) in [5.74, 6) is 0.544. The van der Waals surface area contributed by atoms with Gasteiger partial charge in [0.1, 0.15) is 5.75 Å². The predicted octanol–water partition coefficient (Wildman–Crippen LogP) is 2.99. The molecule has 0 bridgehead atoms. The third kappa shape index (κ3) is 4.72. The van der Waals surface area contributed by atoms with Gasteiger partial charge < -0.3 is 15.6 Å². The summed E-state index contributed by atoms with van der Waals surface area (Å²) in [7, 11) is 0. The molecule has 0 spiro atoms. The van der Waals surface area contributed by atoms with Crippen molar-refractivity contribution in [1.29, 1.82) is 0 Å². The van der Waals surface area contributed by atoms with Gasteiger partial charge in [0.05, 0.1) is 17.2 Å². The monoisotopic (exact) mass is 277 g/mol. The first-order valence-electron chi connectivity index (χ1n) is 5.36. The van der Waals surface area contributed by atoms with Crippen molar-refractivity contribution < 1.29 is 9.84 Å². The van der Waals surface area contributed by atoms with E-state index in [4.69, 9.17) is 33.7 Å². The summed E-state index contributed by atoms with van der Waals surface area (Å²) < 4.78 is 5.56. The van der Waals surface area contributed by atoms with E-state index in [-0.39, 0.29) is 0 Å². The van der Waals surface area contributed by atoms with Crippen LogP contribution in [-0.2, 0) is 6.54 Å². The molecule has 0 heterocycles. The van der Waals surface area contributed by atoms with Crippen LogP contribution >= 0.6 is 23.2 Å². The summed E-state index contributed by atoms with van der Waals surface area (Å²) in [6.07, 6.45) is 0.510. The molecule has 5 heteroatoms. The Morgan fingerprint density at radius 2 is 2.00 bits per heavy atom. The first kappa shape index (κ1) is 14.6. The standard InChI is InChI=1S/C12H17Cl2NO2/c1-12(2,16)3-4-17-11-8(7-15)5-9(13)6-10(11)14/h5-6,16H,3-4,7,15H2,1-2H3. The minimum atomic E-state index is -0.762. The van der Waals surface area contributed by atoms with E-state index < -0.39 is 5.60 Å². The molecule has 0 saturated heterocycles. The van der Waals surface area contributed by atoms with Crippen molar-refractivity contribution in [3.05, 3.63) is 27.7 Å². The largest absolute Gasteiger partial charge is 0.492 e. The van der Waals surface area contributed by atoms with Crippen molar-refractivity contribution in [2.24, 2.45) is 5.73 Å². The maximum absolute atomic E-state index is 9.58. The lowest BCUT2D eigenvalue weighted by atomic mass is 10.1. The van der Waals surface area contributed by atoms with Crippen LogP contribution in [-0.4, -0.2) is 17.3 Å². The quantitative estimate of drug-likeness (QED) is 0.870. The molecule has 0 aromatic heterocycles. The Hall–Kier alpha value is -0.480. The molecule has 0 amide bonds. The molecule has 0 aliphatic carbocycles. The van der Waals surface area contributed by atoms with E-state index in [2.05, 4.69) is 0 Å². The van der Waals surface area contributed by atoms with Gasteiger partial charge in [-0.2, -0.15) is 0 Å². The van der Waals surface area contributed by atoms with Gasteiger partial charge in [-0.05, 0) is 26.0 Å². The summed E-state index contributed by atoms with van der Waals surface area (Å²) in [6.45, 7) is 4.13.